The zero-order valence-electron chi connectivity index (χ0n) is 11.6. The first kappa shape index (κ1) is 13.6. The van der Waals surface area contributed by atoms with Crippen molar-refractivity contribution in [1.29, 1.82) is 0 Å². The lowest BCUT2D eigenvalue weighted by atomic mass is 10.0. The Morgan fingerprint density at radius 1 is 1.25 bits per heavy atom. The zero-order valence-corrected chi connectivity index (χ0v) is 12.4. The molecule has 2 heterocycles. The highest BCUT2D eigenvalue weighted by atomic mass is 35.5. The Morgan fingerprint density at radius 2 is 2.00 bits per heavy atom. The van der Waals surface area contributed by atoms with Crippen LogP contribution in [0.5, 0.6) is 0 Å². The number of nitrogens with one attached hydrogen (secondary N) is 1. The van der Waals surface area contributed by atoms with Gasteiger partial charge in [0.25, 0.3) is 0 Å². The van der Waals surface area contributed by atoms with E-state index in [0.29, 0.717) is 11.2 Å². The first-order chi connectivity index (χ1) is 9.74. The number of aromatic nitrogens is 2. The normalized spacial score (nSPS) is 19.2. The van der Waals surface area contributed by atoms with Crippen LogP contribution in [0.2, 0.25) is 5.15 Å². The summed E-state index contributed by atoms with van der Waals surface area (Å²) in [6.07, 6.45) is 3.78. The lowest BCUT2D eigenvalue weighted by Crippen LogP contribution is -2.42. The Labute approximate surface area is 124 Å². The molecule has 5 heteroatoms. The molecule has 106 valence electrons. The molecular formula is C15H19ClN4. The summed E-state index contributed by atoms with van der Waals surface area (Å²) in [7, 11) is 2.03. The van der Waals surface area contributed by atoms with Gasteiger partial charge in [-0.1, -0.05) is 30.2 Å². The standard InChI is InChI=1S/C15H19ClN4/c1-20(10-11-6-4-5-9-17-11)15-14(16)18-12-7-2-3-8-13(12)19-15/h2-3,7-8,11,17H,4-6,9-10H2,1H3/t11-/m0/s1. The van der Waals surface area contributed by atoms with Gasteiger partial charge in [0.2, 0.25) is 0 Å². The lowest BCUT2D eigenvalue weighted by molar-refractivity contribution is 0.403. The average molecular weight is 291 g/mol. The maximum absolute atomic E-state index is 6.28. The number of nitrogens with zero attached hydrogens (tertiary/aromatic N) is 3. The van der Waals surface area contributed by atoms with Crippen molar-refractivity contribution in [2.24, 2.45) is 0 Å². The van der Waals surface area contributed by atoms with E-state index in [9.17, 15) is 0 Å². The highest BCUT2D eigenvalue weighted by Crippen LogP contribution is 2.24. The van der Waals surface area contributed by atoms with Crippen molar-refractivity contribution in [3.63, 3.8) is 0 Å². The minimum atomic E-state index is 0.474. The predicted octanol–water partition coefficient (Wildman–Crippen LogP) is 2.86. The number of hydrogen-bond acceptors (Lipinski definition) is 4. The molecule has 1 N–H and O–H groups in total. The molecule has 1 aromatic carbocycles. The van der Waals surface area contributed by atoms with Crippen LogP contribution < -0.4 is 10.2 Å². The Bertz CT molecular complexity index is 595. The van der Waals surface area contributed by atoms with Crippen molar-refractivity contribution in [2.75, 3.05) is 25.0 Å². The third-order valence-corrected chi connectivity index (χ3v) is 4.03. The second-order valence-corrected chi connectivity index (χ2v) is 5.71. The van der Waals surface area contributed by atoms with Crippen molar-refractivity contribution in [3.8, 4) is 0 Å². The van der Waals surface area contributed by atoms with Gasteiger partial charge in [-0.3, -0.25) is 0 Å². The number of fused-ring (bicyclic) bond motifs is 1. The molecule has 1 fully saturated rings. The molecule has 1 aliphatic heterocycles. The largest absolute Gasteiger partial charge is 0.356 e. The number of para-hydroxylation sites is 2. The van der Waals surface area contributed by atoms with Crippen LogP contribution in [0.1, 0.15) is 19.3 Å². The molecule has 1 aromatic heterocycles. The van der Waals surface area contributed by atoms with E-state index < -0.39 is 0 Å². The SMILES string of the molecule is CN(C[C@@H]1CCCCN1)c1nc2ccccc2nc1Cl. The predicted molar refractivity (Wildman–Crippen MR) is 83.5 cm³/mol. The van der Waals surface area contributed by atoms with Gasteiger partial charge in [0.05, 0.1) is 11.0 Å². The number of piperidine rings is 1. The van der Waals surface area contributed by atoms with Crippen molar-refractivity contribution >= 4 is 28.5 Å². The molecule has 0 aliphatic carbocycles. The molecule has 3 rings (SSSR count). The van der Waals surface area contributed by atoms with Gasteiger partial charge in [-0.25, -0.2) is 9.97 Å². The highest BCUT2D eigenvalue weighted by molar-refractivity contribution is 6.32. The van der Waals surface area contributed by atoms with Crippen LogP contribution in [0.15, 0.2) is 24.3 Å². The molecule has 0 spiro atoms. The fraction of sp³-hybridized carbons (Fsp3) is 0.467. The van der Waals surface area contributed by atoms with Gasteiger partial charge in [0.1, 0.15) is 0 Å². The number of benzene rings is 1. The molecule has 4 nitrogen and oxygen atoms in total. The van der Waals surface area contributed by atoms with Crippen LogP contribution >= 0.6 is 11.6 Å². The molecule has 0 radical (unpaired) electrons. The van der Waals surface area contributed by atoms with Gasteiger partial charge >= 0.3 is 0 Å². The van der Waals surface area contributed by atoms with E-state index in [4.69, 9.17) is 11.6 Å². The molecule has 1 aliphatic rings. The van der Waals surface area contributed by atoms with E-state index in [1.54, 1.807) is 0 Å². The number of halogens is 1. The maximum Gasteiger partial charge on any atom is 0.172 e. The van der Waals surface area contributed by atoms with Crippen molar-refractivity contribution in [3.05, 3.63) is 29.4 Å². The zero-order chi connectivity index (χ0) is 13.9. The fourth-order valence-corrected chi connectivity index (χ4v) is 2.99. The third-order valence-electron chi connectivity index (χ3n) is 3.78. The van der Waals surface area contributed by atoms with E-state index in [0.717, 1.165) is 29.9 Å². The van der Waals surface area contributed by atoms with Crippen LogP contribution in [0, 0.1) is 0 Å². The van der Waals surface area contributed by atoms with Crippen molar-refractivity contribution < 1.29 is 0 Å². The monoisotopic (exact) mass is 290 g/mol. The Kier molecular flexibility index (Phi) is 4.03. The van der Waals surface area contributed by atoms with Gasteiger partial charge in [-0.2, -0.15) is 0 Å². The van der Waals surface area contributed by atoms with Crippen LogP contribution in [-0.2, 0) is 0 Å². The Hall–Kier alpha value is -1.39. The van der Waals surface area contributed by atoms with Crippen LogP contribution in [0.25, 0.3) is 11.0 Å². The third kappa shape index (κ3) is 2.86. The lowest BCUT2D eigenvalue weighted by Gasteiger charge is -2.29. The van der Waals surface area contributed by atoms with Crippen LogP contribution in [0.3, 0.4) is 0 Å². The van der Waals surface area contributed by atoms with Crippen molar-refractivity contribution in [1.82, 2.24) is 15.3 Å². The van der Waals surface area contributed by atoms with E-state index in [1.165, 1.54) is 19.3 Å². The van der Waals surface area contributed by atoms with Crippen LogP contribution in [0.4, 0.5) is 5.82 Å². The first-order valence-electron chi connectivity index (χ1n) is 7.11. The summed E-state index contributed by atoms with van der Waals surface area (Å²) in [5, 5.41) is 4.02. The molecule has 0 saturated carbocycles. The molecule has 0 amide bonds. The number of rotatable bonds is 3. The molecule has 2 aromatic rings. The molecule has 1 saturated heterocycles. The van der Waals surface area contributed by atoms with E-state index in [-0.39, 0.29) is 0 Å². The van der Waals surface area contributed by atoms with Gasteiger partial charge in [0.15, 0.2) is 11.0 Å². The number of hydrogen-bond donors (Lipinski definition) is 1. The van der Waals surface area contributed by atoms with Gasteiger partial charge in [0, 0.05) is 19.6 Å². The summed E-state index contributed by atoms with van der Waals surface area (Å²) in [4.78, 5) is 11.2. The molecule has 0 unspecified atom stereocenters. The quantitative estimate of drug-likeness (QED) is 0.944. The Balaban J connectivity index is 1.82. The molecular weight excluding hydrogens is 272 g/mol. The van der Waals surface area contributed by atoms with E-state index in [2.05, 4.69) is 20.2 Å². The topological polar surface area (TPSA) is 41.0 Å². The summed E-state index contributed by atoms with van der Waals surface area (Å²) < 4.78 is 0. The number of likely N-dealkylation sites (N-methyl/N-ethyl adjacent to an activating group) is 1. The smallest absolute Gasteiger partial charge is 0.172 e. The summed E-state index contributed by atoms with van der Waals surface area (Å²) in [5.74, 6) is 0.762. The number of anilines is 1. The van der Waals surface area contributed by atoms with Gasteiger partial charge in [-0.15, -0.1) is 0 Å². The molecule has 0 bridgehead atoms. The maximum atomic E-state index is 6.28. The molecule has 20 heavy (non-hydrogen) atoms. The van der Waals surface area contributed by atoms with Crippen molar-refractivity contribution in [2.45, 2.75) is 25.3 Å². The highest BCUT2D eigenvalue weighted by Gasteiger charge is 2.18. The average Bonchev–Trinajstić information content (AvgIpc) is 2.47. The summed E-state index contributed by atoms with van der Waals surface area (Å²) >= 11 is 6.28. The second-order valence-electron chi connectivity index (χ2n) is 5.35. The fourth-order valence-electron chi connectivity index (χ4n) is 2.71. The van der Waals surface area contributed by atoms with E-state index >= 15 is 0 Å². The minimum absolute atomic E-state index is 0.474. The summed E-state index contributed by atoms with van der Waals surface area (Å²) in [6, 6.07) is 8.33. The minimum Gasteiger partial charge on any atom is -0.356 e. The van der Waals surface area contributed by atoms with E-state index in [1.807, 2.05) is 31.3 Å². The first-order valence-corrected chi connectivity index (χ1v) is 7.48. The molecule has 1 atom stereocenters. The Morgan fingerprint density at radius 3 is 2.70 bits per heavy atom. The second kappa shape index (κ2) is 5.94. The van der Waals surface area contributed by atoms with Gasteiger partial charge in [-0.05, 0) is 31.5 Å². The summed E-state index contributed by atoms with van der Waals surface area (Å²) in [6.45, 7) is 2.02. The van der Waals surface area contributed by atoms with Crippen LogP contribution in [-0.4, -0.2) is 36.1 Å². The van der Waals surface area contributed by atoms with Gasteiger partial charge < -0.3 is 10.2 Å². The summed E-state index contributed by atoms with van der Waals surface area (Å²) in [5.41, 5.74) is 1.72.